The van der Waals surface area contributed by atoms with Gasteiger partial charge in [-0.3, -0.25) is 0 Å². The van der Waals surface area contributed by atoms with E-state index in [0.29, 0.717) is 18.0 Å². The lowest BCUT2D eigenvalue weighted by Gasteiger charge is -2.34. The minimum atomic E-state index is -0.516. The van der Waals surface area contributed by atoms with Gasteiger partial charge in [-0.1, -0.05) is 19.1 Å². The lowest BCUT2D eigenvalue weighted by molar-refractivity contribution is 0.437. The van der Waals surface area contributed by atoms with Crippen molar-refractivity contribution in [2.45, 2.75) is 44.7 Å². The van der Waals surface area contributed by atoms with Gasteiger partial charge in [-0.15, -0.1) is 0 Å². The number of likely N-dealkylation sites (N-methyl/N-ethyl adjacent to an activating group) is 1. The molecule has 0 fully saturated rings. The van der Waals surface area contributed by atoms with Crippen LogP contribution in [0.15, 0.2) is 36.4 Å². The fraction of sp³-hybridized carbons (Fsp3) is 0.478. The van der Waals surface area contributed by atoms with E-state index >= 15 is 0 Å². The SMILES string of the molecule is CCc1ccc2c(c1)C(NCC[C@H](Cc1cc(F)cc(F)c1)NC)CCN2C. The molecule has 1 aliphatic heterocycles. The number of halogens is 2. The van der Waals surface area contributed by atoms with Crippen LogP contribution in [-0.2, 0) is 12.8 Å². The molecule has 1 heterocycles. The van der Waals surface area contributed by atoms with Gasteiger partial charge < -0.3 is 15.5 Å². The number of benzene rings is 2. The predicted molar refractivity (Wildman–Crippen MR) is 112 cm³/mol. The van der Waals surface area contributed by atoms with E-state index in [-0.39, 0.29) is 6.04 Å². The normalized spacial score (nSPS) is 17.5. The first-order valence-corrected chi connectivity index (χ1v) is 10.2. The second-order valence-corrected chi connectivity index (χ2v) is 7.72. The third kappa shape index (κ3) is 5.09. The zero-order valence-electron chi connectivity index (χ0n) is 17.1. The van der Waals surface area contributed by atoms with Gasteiger partial charge in [-0.25, -0.2) is 8.78 Å². The van der Waals surface area contributed by atoms with Crippen molar-refractivity contribution in [2.75, 3.05) is 32.1 Å². The van der Waals surface area contributed by atoms with E-state index < -0.39 is 11.6 Å². The molecule has 0 bridgehead atoms. The molecule has 0 saturated carbocycles. The number of aryl methyl sites for hydroxylation is 1. The molecule has 2 aromatic carbocycles. The van der Waals surface area contributed by atoms with Crippen molar-refractivity contribution in [2.24, 2.45) is 0 Å². The summed E-state index contributed by atoms with van der Waals surface area (Å²) in [6.45, 7) is 4.07. The quantitative estimate of drug-likeness (QED) is 0.710. The Balaban J connectivity index is 1.60. The molecule has 28 heavy (non-hydrogen) atoms. The van der Waals surface area contributed by atoms with Crippen LogP contribution in [0.5, 0.6) is 0 Å². The lowest BCUT2D eigenvalue weighted by atomic mass is 9.94. The molecule has 2 N–H and O–H groups in total. The molecule has 0 spiro atoms. The van der Waals surface area contributed by atoms with Crippen LogP contribution in [0.3, 0.4) is 0 Å². The fourth-order valence-corrected chi connectivity index (χ4v) is 4.05. The van der Waals surface area contributed by atoms with Crippen molar-refractivity contribution in [3.63, 3.8) is 0 Å². The van der Waals surface area contributed by atoms with E-state index in [9.17, 15) is 8.78 Å². The summed E-state index contributed by atoms with van der Waals surface area (Å²) in [7, 11) is 4.05. The highest BCUT2D eigenvalue weighted by molar-refractivity contribution is 5.57. The highest BCUT2D eigenvalue weighted by atomic mass is 19.1. The third-order valence-electron chi connectivity index (χ3n) is 5.74. The fourth-order valence-electron chi connectivity index (χ4n) is 4.05. The predicted octanol–water partition coefficient (Wildman–Crippen LogP) is 4.22. The van der Waals surface area contributed by atoms with E-state index in [2.05, 4.69) is 47.7 Å². The maximum atomic E-state index is 13.4. The van der Waals surface area contributed by atoms with Crippen LogP contribution in [0.25, 0.3) is 0 Å². The maximum absolute atomic E-state index is 13.4. The Labute approximate surface area is 167 Å². The Kier molecular flexibility index (Phi) is 7.03. The Morgan fingerprint density at radius 1 is 1.11 bits per heavy atom. The molecule has 152 valence electrons. The van der Waals surface area contributed by atoms with Gasteiger partial charge in [0.05, 0.1) is 0 Å². The van der Waals surface area contributed by atoms with E-state index in [1.165, 1.54) is 28.9 Å². The first-order valence-electron chi connectivity index (χ1n) is 10.2. The first kappa shape index (κ1) is 20.7. The number of rotatable bonds is 8. The van der Waals surface area contributed by atoms with Crippen molar-refractivity contribution in [3.05, 3.63) is 64.7 Å². The van der Waals surface area contributed by atoms with Gasteiger partial charge in [-0.2, -0.15) is 0 Å². The molecule has 5 heteroatoms. The first-order chi connectivity index (χ1) is 13.5. The minimum Gasteiger partial charge on any atom is -0.374 e. The van der Waals surface area contributed by atoms with Crippen molar-refractivity contribution in [1.29, 1.82) is 0 Å². The molecule has 3 rings (SSSR count). The largest absolute Gasteiger partial charge is 0.374 e. The van der Waals surface area contributed by atoms with Gasteiger partial charge in [0.1, 0.15) is 11.6 Å². The van der Waals surface area contributed by atoms with Gasteiger partial charge in [-0.05, 0) is 74.2 Å². The summed E-state index contributed by atoms with van der Waals surface area (Å²) in [5.74, 6) is -1.03. The van der Waals surface area contributed by atoms with E-state index in [4.69, 9.17) is 0 Å². The van der Waals surface area contributed by atoms with Crippen LogP contribution in [0, 0.1) is 11.6 Å². The number of hydrogen-bond donors (Lipinski definition) is 2. The zero-order valence-corrected chi connectivity index (χ0v) is 17.1. The monoisotopic (exact) mass is 387 g/mol. The van der Waals surface area contributed by atoms with E-state index in [1.54, 1.807) is 0 Å². The molecule has 0 aliphatic carbocycles. The Morgan fingerprint density at radius 3 is 2.54 bits per heavy atom. The second-order valence-electron chi connectivity index (χ2n) is 7.72. The smallest absolute Gasteiger partial charge is 0.126 e. The van der Waals surface area contributed by atoms with E-state index in [0.717, 1.165) is 38.4 Å². The van der Waals surface area contributed by atoms with Crippen molar-refractivity contribution >= 4 is 5.69 Å². The molecule has 2 aromatic rings. The van der Waals surface area contributed by atoms with Crippen molar-refractivity contribution in [3.8, 4) is 0 Å². The van der Waals surface area contributed by atoms with Gasteiger partial charge >= 0.3 is 0 Å². The maximum Gasteiger partial charge on any atom is 0.126 e. The molecular formula is C23H31F2N3. The molecular weight excluding hydrogens is 356 g/mol. The van der Waals surface area contributed by atoms with Gasteiger partial charge in [0.15, 0.2) is 0 Å². The average Bonchev–Trinajstić information content (AvgIpc) is 2.67. The highest BCUT2D eigenvalue weighted by Gasteiger charge is 2.23. The summed E-state index contributed by atoms with van der Waals surface area (Å²) >= 11 is 0. The van der Waals surface area contributed by atoms with Crippen molar-refractivity contribution < 1.29 is 8.78 Å². The number of nitrogens with zero attached hydrogens (tertiary/aromatic N) is 1. The number of anilines is 1. The van der Waals surface area contributed by atoms with Crippen LogP contribution >= 0.6 is 0 Å². The Morgan fingerprint density at radius 2 is 1.86 bits per heavy atom. The molecule has 0 radical (unpaired) electrons. The summed E-state index contributed by atoms with van der Waals surface area (Å²) in [6.07, 6.45) is 3.62. The second kappa shape index (κ2) is 9.48. The summed E-state index contributed by atoms with van der Waals surface area (Å²) in [5.41, 5.74) is 4.74. The Bertz CT molecular complexity index is 773. The molecule has 2 atom stereocenters. The molecule has 0 amide bonds. The zero-order chi connectivity index (χ0) is 20.1. The van der Waals surface area contributed by atoms with Gasteiger partial charge in [0.2, 0.25) is 0 Å². The summed E-state index contributed by atoms with van der Waals surface area (Å²) < 4.78 is 26.9. The third-order valence-corrected chi connectivity index (χ3v) is 5.74. The minimum absolute atomic E-state index is 0.168. The van der Waals surface area contributed by atoms with Gasteiger partial charge in [0.25, 0.3) is 0 Å². The molecule has 1 unspecified atom stereocenters. The molecule has 3 nitrogen and oxygen atoms in total. The molecule has 1 aliphatic rings. The molecule has 0 aromatic heterocycles. The Hall–Kier alpha value is -1.98. The number of nitrogens with one attached hydrogen (secondary N) is 2. The lowest BCUT2D eigenvalue weighted by Crippen LogP contribution is -2.36. The van der Waals surface area contributed by atoms with Crippen LogP contribution < -0.4 is 15.5 Å². The van der Waals surface area contributed by atoms with Crippen LogP contribution in [-0.4, -0.2) is 33.2 Å². The molecule has 0 saturated heterocycles. The van der Waals surface area contributed by atoms with Gasteiger partial charge in [0, 0.05) is 37.4 Å². The summed E-state index contributed by atoms with van der Waals surface area (Å²) in [5, 5.41) is 6.99. The summed E-state index contributed by atoms with van der Waals surface area (Å²) in [6, 6.07) is 11.0. The topological polar surface area (TPSA) is 27.3 Å². The van der Waals surface area contributed by atoms with E-state index in [1.807, 2.05) is 7.05 Å². The standard InChI is InChI=1S/C23H31F2N3/c1-4-16-5-6-23-21(14-16)22(8-10-28(23)3)27-9-7-20(26-2)13-17-11-18(24)15-19(25)12-17/h5-6,11-12,14-15,20,22,26-27H,4,7-10,13H2,1-3H3/t20-,22?/m1/s1. The number of hydrogen-bond acceptors (Lipinski definition) is 3. The average molecular weight is 388 g/mol. The highest BCUT2D eigenvalue weighted by Crippen LogP contribution is 2.33. The van der Waals surface area contributed by atoms with Crippen LogP contribution in [0.2, 0.25) is 0 Å². The summed E-state index contributed by atoms with van der Waals surface area (Å²) in [4.78, 5) is 2.32. The van der Waals surface area contributed by atoms with Crippen molar-refractivity contribution in [1.82, 2.24) is 10.6 Å². The number of fused-ring (bicyclic) bond motifs is 1. The van der Waals surface area contributed by atoms with Crippen LogP contribution in [0.1, 0.15) is 42.5 Å². The van der Waals surface area contributed by atoms with Crippen LogP contribution in [0.4, 0.5) is 14.5 Å².